The quantitative estimate of drug-likeness (QED) is 0.716. The Kier molecular flexibility index (Phi) is 3.99. The number of aromatic amines is 1. The van der Waals surface area contributed by atoms with E-state index in [-0.39, 0.29) is 17.9 Å². The molecular weight excluding hydrogens is 308 g/mol. The molecule has 2 amide bonds. The van der Waals surface area contributed by atoms with Crippen LogP contribution in [0.15, 0.2) is 6.20 Å². The van der Waals surface area contributed by atoms with E-state index in [4.69, 9.17) is 5.73 Å². The molecule has 3 aliphatic rings. The molecule has 4 N–H and O–H groups in total. The summed E-state index contributed by atoms with van der Waals surface area (Å²) in [5.41, 5.74) is 6.76. The summed E-state index contributed by atoms with van der Waals surface area (Å²) >= 11 is 0. The largest absolute Gasteiger partial charge is 0.349 e. The van der Waals surface area contributed by atoms with E-state index in [1.165, 1.54) is 6.42 Å². The summed E-state index contributed by atoms with van der Waals surface area (Å²) in [6, 6.07) is -0.674. The lowest BCUT2D eigenvalue weighted by molar-refractivity contribution is -0.141. The van der Waals surface area contributed by atoms with Crippen molar-refractivity contribution in [2.24, 2.45) is 17.6 Å². The number of amides is 2. The number of carbonyl (C=O) groups excluding carboxylic acids is 2. The highest BCUT2D eigenvalue weighted by molar-refractivity contribution is 5.91. The topological polar surface area (TPSA) is 117 Å². The molecule has 5 atom stereocenters. The molecule has 0 bridgehead atoms. The Morgan fingerprint density at radius 2 is 2.17 bits per heavy atom. The van der Waals surface area contributed by atoms with Crippen LogP contribution in [-0.4, -0.2) is 50.3 Å². The fourth-order valence-corrected chi connectivity index (χ4v) is 4.85. The number of aromatic nitrogens is 3. The van der Waals surface area contributed by atoms with Crippen molar-refractivity contribution in [3.8, 4) is 0 Å². The van der Waals surface area contributed by atoms with Crippen molar-refractivity contribution in [2.45, 2.75) is 63.2 Å². The van der Waals surface area contributed by atoms with Crippen molar-refractivity contribution in [2.75, 3.05) is 0 Å². The van der Waals surface area contributed by atoms with Crippen molar-refractivity contribution in [3.63, 3.8) is 0 Å². The van der Waals surface area contributed by atoms with Gasteiger partial charge in [-0.1, -0.05) is 11.6 Å². The van der Waals surface area contributed by atoms with Crippen molar-refractivity contribution in [1.29, 1.82) is 0 Å². The smallest absolute Gasteiger partial charge is 0.243 e. The van der Waals surface area contributed by atoms with Crippen LogP contribution < -0.4 is 11.1 Å². The van der Waals surface area contributed by atoms with Crippen molar-refractivity contribution < 1.29 is 9.59 Å². The summed E-state index contributed by atoms with van der Waals surface area (Å²) < 4.78 is 0. The van der Waals surface area contributed by atoms with Crippen LogP contribution in [0.1, 0.15) is 44.2 Å². The lowest BCUT2D eigenvalue weighted by Gasteiger charge is -2.38. The van der Waals surface area contributed by atoms with E-state index in [9.17, 15) is 9.59 Å². The number of nitrogens with two attached hydrogens (primary N) is 1. The highest BCUT2D eigenvalue weighted by Crippen LogP contribution is 2.46. The van der Waals surface area contributed by atoms with Gasteiger partial charge in [-0.2, -0.15) is 0 Å². The van der Waals surface area contributed by atoms with Crippen molar-refractivity contribution in [3.05, 3.63) is 11.9 Å². The van der Waals surface area contributed by atoms with Crippen LogP contribution in [0.25, 0.3) is 0 Å². The number of nitrogens with zero attached hydrogens (tertiary/aromatic N) is 3. The first kappa shape index (κ1) is 15.6. The Labute approximate surface area is 140 Å². The van der Waals surface area contributed by atoms with Crippen molar-refractivity contribution >= 4 is 11.8 Å². The summed E-state index contributed by atoms with van der Waals surface area (Å²) in [6.45, 7) is 0.318. The fraction of sp³-hybridized carbons (Fsp3) is 0.750. The first-order chi connectivity index (χ1) is 11.6. The number of H-pyrrole nitrogens is 1. The minimum atomic E-state index is -0.472. The van der Waals surface area contributed by atoms with Gasteiger partial charge in [0.2, 0.25) is 11.8 Å². The van der Waals surface area contributed by atoms with Gasteiger partial charge in [0, 0.05) is 12.2 Å². The normalized spacial score (nSPS) is 35.5. The second-order valence-corrected chi connectivity index (χ2v) is 7.31. The SMILES string of the molecule is N[C@H]1CCC2CCCC3C[C@@H](C(=O)NCc4c[nH]nn4)N(C1=O)C23. The molecule has 0 radical (unpaired) electrons. The number of hydrogen-bond donors (Lipinski definition) is 3. The molecule has 24 heavy (non-hydrogen) atoms. The van der Waals surface area contributed by atoms with Gasteiger partial charge in [0.15, 0.2) is 0 Å². The minimum Gasteiger partial charge on any atom is -0.349 e. The minimum absolute atomic E-state index is 0.0477. The van der Waals surface area contributed by atoms with E-state index >= 15 is 0 Å². The van der Waals surface area contributed by atoms with Crippen LogP contribution in [0.4, 0.5) is 0 Å². The molecule has 3 heterocycles. The Balaban J connectivity index is 1.54. The van der Waals surface area contributed by atoms with Gasteiger partial charge < -0.3 is 16.0 Å². The third-order valence-electron chi connectivity index (χ3n) is 5.93. The summed E-state index contributed by atoms with van der Waals surface area (Å²) in [6.07, 6.45) is 7.57. The van der Waals surface area contributed by atoms with Crippen LogP contribution in [0.2, 0.25) is 0 Å². The average Bonchev–Trinajstić information content (AvgIpc) is 3.21. The van der Waals surface area contributed by atoms with Crippen molar-refractivity contribution in [1.82, 2.24) is 25.6 Å². The molecule has 8 heteroatoms. The molecule has 2 saturated heterocycles. The summed E-state index contributed by atoms with van der Waals surface area (Å²) in [7, 11) is 0. The predicted octanol–water partition coefficient (Wildman–Crippen LogP) is -0.0722. The predicted molar refractivity (Wildman–Crippen MR) is 85.3 cm³/mol. The van der Waals surface area contributed by atoms with Crippen LogP contribution >= 0.6 is 0 Å². The van der Waals surface area contributed by atoms with E-state index in [2.05, 4.69) is 20.7 Å². The maximum Gasteiger partial charge on any atom is 0.243 e. The first-order valence-electron chi connectivity index (χ1n) is 8.86. The Hall–Kier alpha value is -1.96. The van der Waals surface area contributed by atoms with E-state index in [1.807, 2.05) is 4.90 Å². The molecule has 2 aliphatic heterocycles. The van der Waals surface area contributed by atoms with E-state index in [0.717, 1.165) is 32.1 Å². The number of rotatable bonds is 3. The zero-order valence-corrected chi connectivity index (χ0v) is 13.6. The van der Waals surface area contributed by atoms with Crippen LogP contribution in [0, 0.1) is 11.8 Å². The molecule has 3 unspecified atom stereocenters. The van der Waals surface area contributed by atoms with Crippen LogP contribution in [-0.2, 0) is 16.1 Å². The van der Waals surface area contributed by atoms with E-state index < -0.39 is 12.1 Å². The van der Waals surface area contributed by atoms with Crippen LogP contribution in [0.3, 0.4) is 0 Å². The number of carbonyl (C=O) groups is 2. The number of hydrogen-bond acceptors (Lipinski definition) is 5. The Morgan fingerprint density at radius 3 is 2.96 bits per heavy atom. The lowest BCUT2D eigenvalue weighted by Crippen LogP contribution is -2.54. The second kappa shape index (κ2) is 6.16. The highest BCUT2D eigenvalue weighted by Gasteiger charge is 2.52. The van der Waals surface area contributed by atoms with Gasteiger partial charge in [-0.25, -0.2) is 0 Å². The second-order valence-electron chi connectivity index (χ2n) is 7.31. The standard InChI is InChI=1S/C16H24N6O2/c17-12-5-4-9-2-1-3-10-6-13(22(14(9)10)16(12)24)15(23)18-7-11-8-19-21-20-11/h8-10,12-14H,1-7,17H2,(H,18,23)(H,19,20,21)/t9?,10?,12-,13-,14?/m0/s1. The molecule has 0 aromatic carbocycles. The molecule has 1 aromatic heterocycles. The molecule has 3 fully saturated rings. The molecule has 130 valence electrons. The summed E-state index contributed by atoms with van der Waals surface area (Å²) in [4.78, 5) is 27.4. The molecule has 8 nitrogen and oxygen atoms in total. The Bertz CT molecular complexity index is 618. The third-order valence-corrected chi connectivity index (χ3v) is 5.93. The monoisotopic (exact) mass is 332 g/mol. The molecular formula is C16H24N6O2. The van der Waals surface area contributed by atoms with Gasteiger partial charge in [0.25, 0.3) is 0 Å². The first-order valence-corrected chi connectivity index (χ1v) is 8.86. The zero-order valence-electron chi connectivity index (χ0n) is 13.6. The highest BCUT2D eigenvalue weighted by atomic mass is 16.2. The van der Waals surface area contributed by atoms with E-state index in [0.29, 0.717) is 24.1 Å². The number of nitrogens with one attached hydrogen (secondary N) is 2. The van der Waals surface area contributed by atoms with Gasteiger partial charge in [-0.15, -0.1) is 5.10 Å². The lowest BCUT2D eigenvalue weighted by atomic mass is 9.75. The molecule has 1 aromatic rings. The van der Waals surface area contributed by atoms with Gasteiger partial charge in [0.1, 0.15) is 11.7 Å². The van der Waals surface area contributed by atoms with Crippen LogP contribution in [0.5, 0.6) is 0 Å². The molecule has 0 spiro atoms. The van der Waals surface area contributed by atoms with Gasteiger partial charge in [0.05, 0.1) is 12.6 Å². The maximum absolute atomic E-state index is 12.8. The molecule has 1 aliphatic carbocycles. The van der Waals surface area contributed by atoms with Gasteiger partial charge >= 0.3 is 0 Å². The maximum atomic E-state index is 12.8. The molecule has 1 saturated carbocycles. The van der Waals surface area contributed by atoms with E-state index in [1.54, 1.807) is 6.20 Å². The Morgan fingerprint density at radius 1 is 1.33 bits per heavy atom. The van der Waals surface area contributed by atoms with Gasteiger partial charge in [-0.05, 0) is 43.9 Å². The summed E-state index contributed by atoms with van der Waals surface area (Å²) in [5.74, 6) is 0.775. The molecule has 4 rings (SSSR count). The third kappa shape index (κ3) is 2.58. The van der Waals surface area contributed by atoms with Gasteiger partial charge in [-0.3, -0.25) is 14.7 Å². The zero-order chi connectivity index (χ0) is 16.7. The summed E-state index contributed by atoms with van der Waals surface area (Å²) in [5, 5.41) is 13.0. The fourth-order valence-electron chi connectivity index (χ4n) is 4.85. The average molecular weight is 332 g/mol.